The Balaban J connectivity index is 0. The topological polar surface area (TPSA) is 320 Å². The van der Waals surface area contributed by atoms with E-state index in [9.17, 15) is 54.8 Å². The summed E-state index contributed by atoms with van der Waals surface area (Å²) in [5, 5.41) is 6.39. The third-order valence-electron chi connectivity index (χ3n) is 8.61. The number of nitrogens with zero attached hydrogens (tertiary/aromatic N) is 12. The van der Waals surface area contributed by atoms with Crippen LogP contribution in [0, 0.1) is 40.7 Å². The molecule has 0 aliphatic rings. The van der Waals surface area contributed by atoms with E-state index in [1.54, 1.807) is 32.7 Å². The first kappa shape index (κ1) is 82.9. The Morgan fingerprint density at radius 2 is 1.03 bits per heavy atom. The maximum absolute atomic E-state index is 13.0. The van der Waals surface area contributed by atoms with E-state index in [0.717, 1.165) is 6.20 Å². The van der Waals surface area contributed by atoms with Crippen LogP contribution in [-0.2, 0) is 30.2 Å². The lowest BCUT2D eigenvalue weighted by Crippen LogP contribution is -2.23. The fourth-order valence-corrected chi connectivity index (χ4v) is 6.24. The maximum atomic E-state index is 13.0. The zero-order chi connectivity index (χ0) is 65.3. The van der Waals surface area contributed by atoms with Gasteiger partial charge in [0.2, 0.25) is 27.5 Å². The van der Waals surface area contributed by atoms with Gasteiger partial charge >= 0.3 is 10.9 Å². The van der Waals surface area contributed by atoms with Gasteiger partial charge in [-0.1, -0.05) is 108 Å². The Kier molecular flexibility index (Phi) is 41.9. The van der Waals surface area contributed by atoms with Crippen LogP contribution in [0.1, 0.15) is 67.9 Å². The molecule has 0 fully saturated rings. The van der Waals surface area contributed by atoms with E-state index in [4.69, 9.17) is 81.2 Å². The lowest BCUT2D eigenvalue weighted by Gasteiger charge is -2.10. The molecule has 40 heteroatoms. The number of benzene rings is 1. The highest BCUT2D eigenvalue weighted by atomic mass is 79.9. The number of halogens is 18. The molecule has 1 atom stereocenters. The van der Waals surface area contributed by atoms with Crippen molar-refractivity contribution >= 4 is 142 Å². The summed E-state index contributed by atoms with van der Waals surface area (Å²) in [6.07, 6.45) is 7.08. The van der Waals surface area contributed by atoms with Crippen LogP contribution >= 0.6 is 136 Å². The summed E-state index contributed by atoms with van der Waals surface area (Å²) < 4.78 is 97.5. The molecule has 0 saturated carbocycles. The van der Waals surface area contributed by atoms with Crippen molar-refractivity contribution in [3.8, 4) is 5.88 Å². The quantitative estimate of drug-likeness (QED) is 0.0395. The van der Waals surface area contributed by atoms with Crippen LogP contribution in [0.25, 0.3) is 0 Å². The lowest BCUT2D eigenvalue weighted by molar-refractivity contribution is -0.279. The van der Waals surface area contributed by atoms with E-state index in [1.165, 1.54) is 24.7 Å². The van der Waals surface area contributed by atoms with E-state index in [-0.39, 0.29) is 70.2 Å². The minimum absolute atomic E-state index is 0. The summed E-state index contributed by atoms with van der Waals surface area (Å²) in [7, 11) is 4.07. The number of nitrogens with one attached hydrogen (secondary N) is 3. The monoisotopic (exact) mass is 1500 g/mol. The van der Waals surface area contributed by atoms with Gasteiger partial charge in [0.15, 0.2) is 49.7 Å². The van der Waals surface area contributed by atoms with E-state index in [1.807, 2.05) is 44.2 Å². The van der Waals surface area contributed by atoms with E-state index >= 15 is 0 Å². The molecule has 8 rings (SSSR count). The first-order chi connectivity index (χ1) is 39.6. The molecule has 1 aromatic carbocycles. The molecule has 0 saturated heterocycles. The fraction of sp³-hybridized carbons (Fsp3) is 0.261. The van der Waals surface area contributed by atoms with Gasteiger partial charge in [-0.3, -0.25) is 19.1 Å². The molecular formula is C46H47BrCl10F7N16O5P. The Bertz CT molecular complexity index is 3520. The molecule has 7 heterocycles. The summed E-state index contributed by atoms with van der Waals surface area (Å²) in [5.41, 5.74) is 0.00301. The Hall–Kier alpha value is -5.14. The van der Waals surface area contributed by atoms with Gasteiger partial charge in [0, 0.05) is 31.9 Å². The van der Waals surface area contributed by atoms with Crippen LogP contribution < -0.4 is 33.0 Å². The van der Waals surface area contributed by atoms with Crippen molar-refractivity contribution in [1.29, 1.82) is 0 Å². The van der Waals surface area contributed by atoms with Crippen LogP contribution in [0.15, 0.2) is 76.1 Å². The van der Waals surface area contributed by atoms with Crippen molar-refractivity contribution < 1.29 is 40.4 Å². The normalized spacial score (nSPS) is 10.2. The molecular weight excluding hydrogens is 1460 g/mol. The number of quaternary nitrogens is 1. The number of alkyl halides is 1. The number of H-pyrrole nitrogens is 3. The number of hydrogen-bond donors (Lipinski definition) is 4. The van der Waals surface area contributed by atoms with Crippen LogP contribution in [0.2, 0.25) is 36.5 Å². The molecule has 86 heavy (non-hydrogen) atoms. The average molecular weight is 1500 g/mol. The summed E-state index contributed by atoms with van der Waals surface area (Å²) in [6.45, 7) is 8.76. The molecule has 21 nitrogen and oxygen atoms in total. The van der Waals surface area contributed by atoms with Crippen LogP contribution in [0.4, 0.5) is 36.4 Å². The second kappa shape index (κ2) is 43.5. The molecule has 0 bridgehead atoms. The lowest BCUT2D eigenvalue weighted by atomic mass is 10.3. The first-order valence-electron chi connectivity index (χ1n) is 22.8. The van der Waals surface area contributed by atoms with Crippen LogP contribution in [0.5, 0.6) is 5.88 Å². The van der Waals surface area contributed by atoms with Crippen molar-refractivity contribution in [3.63, 3.8) is 0 Å². The standard InChI is InChI=1S/C8H11N.C6H5BrClFN2.C6H5Cl2FN2.C6H6ClFN2O.C6H6ClFN2.C6H7FN2O.C4HCl2FN2.C4H3FN2O2.Cl3OP.H3N/c1-9(2)8-6-4-3-5-7-8;1-3(7)5-4(9)6(8)11-2-10-5;1-2-3-4(9)5(7)11-6(8)10-3;1-2-3-4(8)5(11)10-6(7)9-3;1-2-4-5(8)6(7)10-3-9-4;1-2-4-5(7)6(10)9-3-8-4;5-3-2(7)1-8-4(6)9-3;5-2-1-6-4(9)7-3(2)8;1-5(2,3)4;/h3-7H,1-2H3;2-3H,1H3;2H2,1H3;2H2,1H3,(H,9,10,11);3H,2H2,1H3;3H,2H2,1H3,(H,8,9,10);1H;1H,(H2,6,7,8,9);;1H3. The van der Waals surface area contributed by atoms with E-state index in [2.05, 4.69) is 126 Å². The molecule has 0 spiro atoms. The third kappa shape index (κ3) is 33.8. The molecule has 0 radical (unpaired) electrons. The van der Waals surface area contributed by atoms with E-state index < -0.39 is 68.6 Å². The Morgan fingerprint density at radius 1 is 0.570 bits per heavy atom. The number of hydrogen-bond acceptors (Lipinski definition) is 17. The van der Waals surface area contributed by atoms with Crippen molar-refractivity contribution in [1.82, 2.24) is 75.9 Å². The SMILES string of the molecule is CC(Br)c1ncnc(Cl)c1F.CCc1nc(Cl)nc(Cl)c1F.CCc1nc(Cl)nc([O-])c1F.CCc1nc[nH]c(=O)c1F.CCc1ncnc(Cl)c1F.CN(C)c1ccccc1.Fc1cnc(Cl)nc1Cl.O=P(Cl)(Cl)Cl.O=c1[nH]cc(F)c(=O)[nH]1.[NH4+]. The van der Waals surface area contributed by atoms with Gasteiger partial charge in [-0.15, -0.1) is 0 Å². The minimum atomic E-state index is -3.22. The highest BCUT2D eigenvalue weighted by molar-refractivity contribution is 9.09. The summed E-state index contributed by atoms with van der Waals surface area (Å²) in [5.74, 6) is -5.93. The zero-order valence-corrected chi connectivity index (χ0v) is 55.4. The molecule has 0 aliphatic carbocycles. The van der Waals surface area contributed by atoms with Crippen LogP contribution in [-0.4, -0.2) is 83.9 Å². The Labute approximate surface area is 542 Å². The molecule has 7 aromatic heterocycles. The van der Waals surface area contributed by atoms with Crippen molar-refractivity contribution in [3.05, 3.63) is 199 Å². The predicted molar refractivity (Wildman–Crippen MR) is 324 cm³/mol. The van der Waals surface area contributed by atoms with Crippen molar-refractivity contribution in [2.75, 3.05) is 19.0 Å². The highest BCUT2D eigenvalue weighted by Gasteiger charge is 2.13. The van der Waals surface area contributed by atoms with Gasteiger partial charge in [-0.2, -0.15) is 8.78 Å². The summed E-state index contributed by atoms with van der Waals surface area (Å²) >= 11 is 54.4. The third-order valence-corrected chi connectivity index (χ3v) is 10.6. The fourth-order valence-electron chi connectivity index (χ4n) is 4.72. The smallest absolute Gasteiger partial charge is 0.339 e. The molecule has 0 aliphatic heterocycles. The number of anilines is 1. The maximum Gasteiger partial charge on any atom is 0.339 e. The van der Waals surface area contributed by atoms with Gasteiger partial charge < -0.3 is 26.1 Å². The molecule has 7 N–H and O–H groups in total. The zero-order valence-electron chi connectivity index (χ0n) is 45.3. The molecule has 472 valence electrons. The second-order valence-electron chi connectivity index (χ2n) is 14.7. The van der Waals surface area contributed by atoms with Crippen LogP contribution in [0.3, 0.4) is 0 Å². The van der Waals surface area contributed by atoms with Gasteiger partial charge in [-0.25, -0.2) is 81.6 Å². The Morgan fingerprint density at radius 3 is 1.45 bits per heavy atom. The van der Waals surface area contributed by atoms with Gasteiger partial charge in [0.05, 0.1) is 45.8 Å². The molecule has 8 aromatic rings. The number of rotatable bonds is 6. The summed E-state index contributed by atoms with van der Waals surface area (Å²) in [4.78, 5) is 76.9. The van der Waals surface area contributed by atoms with E-state index in [0.29, 0.717) is 37.6 Å². The summed E-state index contributed by atoms with van der Waals surface area (Å²) in [6, 6.07) is 10.3. The average Bonchev–Trinajstić information content (AvgIpc) is 3.56. The van der Waals surface area contributed by atoms with Crippen molar-refractivity contribution in [2.45, 2.75) is 65.1 Å². The van der Waals surface area contributed by atoms with Gasteiger partial charge in [0.1, 0.15) is 12.7 Å². The molecule has 1 unspecified atom stereocenters. The first-order valence-corrected chi connectivity index (χ1v) is 30.8. The van der Waals surface area contributed by atoms with Gasteiger partial charge in [0.25, 0.3) is 11.1 Å². The van der Waals surface area contributed by atoms with Crippen molar-refractivity contribution in [2.24, 2.45) is 0 Å². The largest absolute Gasteiger partial charge is 0.856 e. The highest BCUT2D eigenvalue weighted by Crippen LogP contribution is 2.61. The number of aromatic nitrogens is 14. The van der Waals surface area contributed by atoms with Gasteiger partial charge in [-0.05, 0) is 113 Å². The predicted octanol–water partition coefficient (Wildman–Crippen LogP) is 14.5. The number of aryl methyl sites for hydroxylation is 4. The number of aromatic amines is 3. The second-order valence-corrected chi connectivity index (χ2v) is 25.2. The minimum Gasteiger partial charge on any atom is -0.856 e. The number of para-hydroxylation sites is 1. The molecule has 0 amide bonds.